The number of nitrogens with zero attached hydrogens (tertiary/aromatic N) is 2. The van der Waals surface area contributed by atoms with Crippen molar-refractivity contribution in [3.05, 3.63) is 59.9 Å². The summed E-state index contributed by atoms with van der Waals surface area (Å²) in [7, 11) is 0. The molecule has 1 heterocycles. The summed E-state index contributed by atoms with van der Waals surface area (Å²) < 4.78 is 18.8. The zero-order valence-corrected chi connectivity index (χ0v) is 16.6. The first-order valence-electron chi connectivity index (χ1n) is 9.81. The number of ether oxygens (including phenoxy) is 1. The molecule has 154 valence electrons. The van der Waals surface area contributed by atoms with Crippen molar-refractivity contribution < 1.29 is 18.7 Å². The minimum Gasteiger partial charge on any atom is -0.484 e. The van der Waals surface area contributed by atoms with E-state index in [0.29, 0.717) is 37.6 Å². The third-order valence-electron chi connectivity index (χ3n) is 4.87. The van der Waals surface area contributed by atoms with E-state index in [4.69, 9.17) is 4.74 Å². The van der Waals surface area contributed by atoms with Gasteiger partial charge in [0.2, 0.25) is 5.91 Å². The Hall–Kier alpha value is -2.93. The number of carbonyl (C=O) groups is 2. The highest BCUT2D eigenvalue weighted by Gasteiger charge is 2.22. The molecule has 0 spiro atoms. The first-order chi connectivity index (χ1) is 14.0. The van der Waals surface area contributed by atoms with Gasteiger partial charge in [-0.1, -0.05) is 25.1 Å². The van der Waals surface area contributed by atoms with Crippen molar-refractivity contribution in [2.24, 2.45) is 0 Å². The fraction of sp³-hybridized carbons (Fsp3) is 0.364. The summed E-state index contributed by atoms with van der Waals surface area (Å²) in [6, 6.07) is 13.6. The maximum absolute atomic E-state index is 13.2. The average molecular weight is 399 g/mol. The van der Waals surface area contributed by atoms with Gasteiger partial charge in [-0.3, -0.25) is 14.5 Å². The Balaban J connectivity index is 1.40. The lowest BCUT2D eigenvalue weighted by Gasteiger charge is -2.34. The fourth-order valence-corrected chi connectivity index (χ4v) is 3.22. The molecule has 0 unspecified atom stereocenters. The normalized spacial score (nSPS) is 14.5. The van der Waals surface area contributed by atoms with E-state index in [1.54, 1.807) is 17.0 Å². The molecule has 2 aromatic rings. The predicted octanol–water partition coefficient (Wildman–Crippen LogP) is 2.55. The van der Waals surface area contributed by atoms with Crippen molar-refractivity contribution in [3.8, 4) is 5.75 Å². The van der Waals surface area contributed by atoms with Crippen LogP contribution >= 0.6 is 0 Å². The number of halogens is 1. The van der Waals surface area contributed by atoms with Crippen molar-refractivity contribution in [2.45, 2.75) is 13.3 Å². The lowest BCUT2D eigenvalue weighted by atomic mass is 10.2. The second-order valence-electron chi connectivity index (χ2n) is 7.01. The number of rotatable bonds is 7. The van der Waals surface area contributed by atoms with Gasteiger partial charge in [0.1, 0.15) is 11.6 Å². The van der Waals surface area contributed by atoms with Gasteiger partial charge >= 0.3 is 0 Å². The molecule has 0 radical (unpaired) electrons. The van der Waals surface area contributed by atoms with E-state index >= 15 is 0 Å². The van der Waals surface area contributed by atoms with Crippen molar-refractivity contribution >= 4 is 17.5 Å². The van der Waals surface area contributed by atoms with Crippen LogP contribution in [0.2, 0.25) is 0 Å². The van der Waals surface area contributed by atoms with Gasteiger partial charge in [0, 0.05) is 31.9 Å². The zero-order valence-electron chi connectivity index (χ0n) is 16.6. The molecule has 1 saturated heterocycles. The number of amides is 2. The molecule has 2 amide bonds. The zero-order chi connectivity index (χ0) is 20.6. The number of benzene rings is 2. The quantitative estimate of drug-likeness (QED) is 0.777. The molecule has 0 saturated carbocycles. The Kier molecular flexibility index (Phi) is 7.19. The molecule has 0 aliphatic carbocycles. The van der Waals surface area contributed by atoms with E-state index in [1.807, 2.05) is 29.2 Å². The number of anilines is 1. The standard InChI is InChI=1S/C22H26FN3O3/c1-2-17-5-3-8-20(13-17)29-16-22(28)26-11-9-25(10-12-26)15-21(27)24-19-7-4-6-18(23)14-19/h3-8,13-14H,2,9-12,15-16H2,1H3,(H,24,27). The molecule has 0 bridgehead atoms. The average Bonchev–Trinajstić information content (AvgIpc) is 2.72. The summed E-state index contributed by atoms with van der Waals surface area (Å²) >= 11 is 0. The van der Waals surface area contributed by atoms with Crippen molar-refractivity contribution in [2.75, 3.05) is 44.6 Å². The van der Waals surface area contributed by atoms with Crippen LogP contribution in [-0.2, 0) is 16.0 Å². The van der Waals surface area contributed by atoms with Crippen molar-refractivity contribution in [1.82, 2.24) is 9.80 Å². The summed E-state index contributed by atoms with van der Waals surface area (Å²) in [6.07, 6.45) is 0.917. The minimum atomic E-state index is -0.390. The van der Waals surface area contributed by atoms with Crippen LogP contribution in [0.5, 0.6) is 5.75 Å². The Morgan fingerprint density at radius 3 is 2.55 bits per heavy atom. The van der Waals surface area contributed by atoms with Crippen molar-refractivity contribution in [3.63, 3.8) is 0 Å². The molecular formula is C22H26FN3O3. The predicted molar refractivity (Wildman–Crippen MR) is 109 cm³/mol. The number of carbonyl (C=O) groups excluding carboxylic acids is 2. The van der Waals surface area contributed by atoms with E-state index in [1.165, 1.54) is 17.7 Å². The molecule has 1 N–H and O–H groups in total. The summed E-state index contributed by atoms with van der Waals surface area (Å²) in [5.74, 6) is 0.0502. The lowest BCUT2D eigenvalue weighted by Crippen LogP contribution is -2.51. The van der Waals surface area contributed by atoms with Crippen LogP contribution in [0.3, 0.4) is 0 Å². The van der Waals surface area contributed by atoms with Crippen LogP contribution < -0.4 is 10.1 Å². The molecule has 7 heteroatoms. The smallest absolute Gasteiger partial charge is 0.260 e. The largest absolute Gasteiger partial charge is 0.484 e. The first kappa shape index (κ1) is 20.8. The van der Waals surface area contributed by atoms with Crippen LogP contribution in [0.1, 0.15) is 12.5 Å². The van der Waals surface area contributed by atoms with Gasteiger partial charge in [0.15, 0.2) is 6.61 Å². The van der Waals surface area contributed by atoms with Crippen LogP contribution in [0.15, 0.2) is 48.5 Å². The second kappa shape index (κ2) is 10.0. The molecule has 1 aliphatic rings. The van der Waals surface area contributed by atoms with Crippen LogP contribution in [0, 0.1) is 5.82 Å². The number of aryl methyl sites for hydroxylation is 1. The molecule has 3 rings (SSSR count). The Labute approximate surface area is 170 Å². The van der Waals surface area contributed by atoms with E-state index in [2.05, 4.69) is 12.2 Å². The third-order valence-corrected chi connectivity index (χ3v) is 4.87. The molecule has 0 atom stereocenters. The molecule has 1 fully saturated rings. The maximum Gasteiger partial charge on any atom is 0.260 e. The third kappa shape index (κ3) is 6.29. The monoisotopic (exact) mass is 399 g/mol. The maximum atomic E-state index is 13.2. The van der Waals surface area contributed by atoms with Crippen LogP contribution in [-0.4, -0.2) is 60.9 Å². The molecule has 29 heavy (non-hydrogen) atoms. The Bertz CT molecular complexity index is 851. The molecule has 6 nitrogen and oxygen atoms in total. The number of piperazine rings is 1. The first-order valence-corrected chi connectivity index (χ1v) is 9.81. The van der Waals surface area contributed by atoms with Gasteiger partial charge in [-0.25, -0.2) is 4.39 Å². The number of hydrogen-bond acceptors (Lipinski definition) is 4. The van der Waals surface area contributed by atoms with E-state index < -0.39 is 5.82 Å². The highest BCUT2D eigenvalue weighted by Crippen LogP contribution is 2.14. The summed E-state index contributed by atoms with van der Waals surface area (Å²) in [5, 5.41) is 2.69. The fourth-order valence-electron chi connectivity index (χ4n) is 3.22. The topological polar surface area (TPSA) is 61.9 Å². The van der Waals surface area contributed by atoms with Gasteiger partial charge < -0.3 is 15.0 Å². The SMILES string of the molecule is CCc1cccc(OCC(=O)N2CCN(CC(=O)Nc3cccc(F)c3)CC2)c1. The molecule has 0 aromatic heterocycles. The minimum absolute atomic E-state index is 0.00717. The Morgan fingerprint density at radius 2 is 1.83 bits per heavy atom. The van der Waals surface area contributed by atoms with E-state index in [0.717, 1.165) is 6.42 Å². The van der Waals surface area contributed by atoms with Crippen molar-refractivity contribution in [1.29, 1.82) is 0 Å². The Morgan fingerprint density at radius 1 is 1.07 bits per heavy atom. The summed E-state index contributed by atoms with van der Waals surface area (Å²) in [4.78, 5) is 28.3. The summed E-state index contributed by atoms with van der Waals surface area (Å²) in [5.41, 5.74) is 1.60. The van der Waals surface area contributed by atoms with Gasteiger partial charge in [-0.15, -0.1) is 0 Å². The van der Waals surface area contributed by atoms with Gasteiger partial charge in [0.05, 0.1) is 6.54 Å². The van der Waals surface area contributed by atoms with E-state index in [9.17, 15) is 14.0 Å². The van der Waals surface area contributed by atoms with Crippen LogP contribution in [0.4, 0.5) is 10.1 Å². The van der Waals surface area contributed by atoms with Crippen LogP contribution in [0.25, 0.3) is 0 Å². The molecule has 1 aliphatic heterocycles. The van der Waals surface area contributed by atoms with E-state index in [-0.39, 0.29) is 25.0 Å². The van der Waals surface area contributed by atoms with Gasteiger partial charge in [-0.2, -0.15) is 0 Å². The highest BCUT2D eigenvalue weighted by molar-refractivity contribution is 5.92. The molecule has 2 aromatic carbocycles. The number of nitrogens with one attached hydrogen (secondary N) is 1. The van der Waals surface area contributed by atoms with Gasteiger partial charge in [-0.05, 0) is 42.3 Å². The molecular weight excluding hydrogens is 373 g/mol. The highest BCUT2D eigenvalue weighted by atomic mass is 19.1. The van der Waals surface area contributed by atoms with Gasteiger partial charge in [0.25, 0.3) is 5.91 Å². The second-order valence-corrected chi connectivity index (χ2v) is 7.01. The number of hydrogen-bond donors (Lipinski definition) is 1. The summed E-state index contributed by atoms with van der Waals surface area (Å²) in [6.45, 7) is 4.59. The lowest BCUT2D eigenvalue weighted by molar-refractivity contribution is -0.135.